The summed E-state index contributed by atoms with van der Waals surface area (Å²) < 4.78 is 5.66. The number of H-pyrrole nitrogens is 1. The number of hydrogen-bond acceptors (Lipinski definition) is 5. The van der Waals surface area contributed by atoms with Crippen molar-refractivity contribution in [3.8, 4) is 0 Å². The number of aromatic nitrogens is 2. The Hall–Kier alpha value is -2.51. The Balaban J connectivity index is 1.90. The number of aryl methyl sites for hydroxylation is 2. The molecule has 1 aromatic heterocycles. The molecule has 1 aromatic carbocycles. The molecule has 2 aromatic rings. The highest BCUT2D eigenvalue weighted by Gasteiger charge is 2.36. The lowest BCUT2D eigenvalue weighted by molar-refractivity contribution is -0.149. The number of aromatic amines is 1. The van der Waals surface area contributed by atoms with E-state index in [2.05, 4.69) is 9.97 Å². The van der Waals surface area contributed by atoms with E-state index in [-0.39, 0.29) is 30.5 Å². The number of aliphatic hydroxyl groups is 1. The fourth-order valence-electron chi connectivity index (χ4n) is 3.42. The third kappa shape index (κ3) is 3.68. The predicted molar refractivity (Wildman–Crippen MR) is 95.8 cm³/mol. The number of carbonyl (C=O) groups is 1. The molecule has 138 valence electrons. The van der Waals surface area contributed by atoms with Crippen LogP contribution in [0.25, 0.3) is 0 Å². The van der Waals surface area contributed by atoms with Gasteiger partial charge in [-0.3, -0.25) is 9.59 Å². The van der Waals surface area contributed by atoms with Gasteiger partial charge in [0.05, 0.1) is 25.7 Å². The maximum atomic E-state index is 13.0. The molecular weight excluding hydrogens is 334 g/mol. The molecule has 0 aliphatic carbocycles. The number of carbonyl (C=O) groups excluding carboxylic acids is 1. The van der Waals surface area contributed by atoms with E-state index in [0.29, 0.717) is 30.2 Å². The molecule has 2 N–H and O–H groups in total. The molecule has 2 atom stereocenters. The fraction of sp³-hybridized carbons (Fsp3) is 0.421. The Labute approximate surface area is 151 Å². The molecule has 0 bridgehead atoms. The van der Waals surface area contributed by atoms with Gasteiger partial charge in [-0.15, -0.1) is 0 Å². The van der Waals surface area contributed by atoms with Crippen LogP contribution in [-0.2, 0) is 16.0 Å². The van der Waals surface area contributed by atoms with Crippen molar-refractivity contribution in [3.63, 3.8) is 0 Å². The Bertz CT molecular complexity index is 834. The molecule has 0 saturated carbocycles. The van der Waals surface area contributed by atoms with Crippen LogP contribution >= 0.6 is 0 Å². The second-order valence-corrected chi connectivity index (χ2v) is 6.43. The van der Waals surface area contributed by atoms with E-state index in [1.54, 1.807) is 18.7 Å². The second kappa shape index (κ2) is 7.80. The van der Waals surface area contributed by atoms with Crippen molar-refractivity contribution < 1.29 is 14.6 Å². The number of ether oxygens (including phenoxy) is 1. The van der Waals surface area contributed by atoms with E-state index >= 15 is 0 Å². The molecule has 1 amide bonds. The van der Waals surface area contributed by atoms with Crippen molar-refractivity contribution in [2.75, 3.05) is 19.8 Å². The quantitative estimate of drug-likeness (QED) is 0.847. The van der Waals surface area contributed by atoms with Crippen LogP contribution in [0.1, 0.15) is 28.7 Å². The Morgan fingerprint density at radius 3 is 2.73 bits per heavy atom. The minimum Gasteiger partial charge on any atom is -0.394 e. The Morgan fingerprint density at radius 1 is 1.35 bits per heavy atom. The molecule has 0 unspecified atom stereocenters. The third-order valence-electron chi connectivity index (χ3n) is 4.66. The highest BCUT2D eigenvalue weighted by molar-refractivity contribution is 5.79. The highest BCUT2D eigenvalue weighted by Crippen LogP contribution is 2.30. The lowest BCUT2D eigenvalue weighted by atomic mass is 9.97. The van der Waals surface area contributed by atoms with Crippen LogP contribution in [0.3, 0.4) is 0 Å². The SMILES string of the molecule is Cc1nc(C)c(CC(=O)N2CCO[C@H](CO)[C@H]2c2ccccc2)c(=O)[nH]1. The predicted octanol–water partition coefficient (Wildman–Crippen LogP) is 0.890. The van der Waals surface area contributed by atoms with Crippen LogP contribution in [0.15, 0.2) is 35.1 Å². The minimum atomic E-state index is -0.495. The summed E-state index contributed by atoms with van der Waals surface area (Å²) in [6.07, 6.45) is -0.527. The van der Waals surface area contributed by atoms with Gasteiger partial charge in [0.25, 0.3) is 5.56 Å². The lowest BCUT2D eigenvalue weighted by Gasteiger charge is -2.41. The zero-order chi connectivity index (χ0) is 18.7. The summed E-state index contributed by atoms with van der Waals surface area (Å²) in [5, 5.41) is 9.70. The summed E-state index contributed by atoms with van der Waals surface area (Å²) in [5.74, 6) is 0.345. The lowest BCUT2D eigenvalue weighted by Crippen LogP contribution is -2.50. The number of amides is 1. The second-order valence-electron chi connectivity index (χ2n) is 6.43. The van der Waals surface area contributed by atoms with Crippen LogP contribution in [0.2, 0.25) is 0 Å². The first kappa shape index (κ1) is 18.3. The topological polar surface area (TPSA) is 95.5 Å². The summed E-state index contributed by atoms with van der Waals surface area (Å²) in [5.41, 5.74) is 1.54. The van der Waals surface area contributed by atoms with Gasteiger partial charge in [-0.25, -0.2) is 4.98 Å². The van der Waals surface area contributed by atoms with E-state index in [0.717, 1.165) is 5.56 Å². The largest absolute Gasteiger partial charge is 0.394 e. The Morgan fingerprint density at radius 2 is 2.08 bits per heavy atom. The number of nitrogens with one attached hydrogen (secondary N) is 1. The van der Waals surface area contributed by atoms with Gasteiger partial charge in [0.2, 0.25) is 5.91 Å². The number of benzene rings is 1. The van der Waals surface area contributed by atoms with Gasteiger partial charge >= 0.3 is 0 Å². The summed E-state index contributed by atoms with van der Waals surface area (Å²) in [7, 11) is 0. The van der Waals surface area contributed by atoms with Crippen molar-refractivity contribution in [2.45, 2.75) is 32.4 Å². The van der Waals surface area contributed by atoms with Gasteiger partial charge in [-0.1, -0.05) is 30.3 Å². The maximum Gasteiger partial charge on any atom is 0.254 e. The molecule has 7 nitrogen and oxygen atoms in total. The molecule has 0 radical (unpaired) electrons. The molecule has 1 saturated heterocycles. The van der Waals surface area contributed by atoms with Crippen molar-refractivity contribution in [2.24, 2.45) is 0 Å². The van der Waals surface area contributed by atoms with Crippen LogP contribution < -0.4 is 5.56 Å². The average molecular weight is 357 g/mol. The summed E-state index contributed by atoms with van der Waals surface area (Å²) in [6, 6.07) is 9.11. The molecule has 0 spiro atoms. The number of morpholine rings is 1. The van der Waals surface area contributed by atoms with Crippen LogP contribution in [-0.4, -0.2) is 51.7 Å². The molecule has 3 rings (SSSR count). The normalized spacial score (nSPS) is 20.2. The van der Waals surface area contributed by atoms with Gasteiger partial charge in [0.1, 0.15) is 11.9 Å². The van der Waals surface area contributed by atoms with Gasteiger partial charge in [-0.2, -0.15) is 0 Å². The fourth-order valence-corrected chi connectivity index (χ4v) is 3.42. The first-order chi connectivity index (χ1) is 12.5. The van der Waals surface area contributed by atoms with Crippen molar-refractivity contribution in [1.29, 1.82) is 0 Å². The van der Waals surface area contributed by atoms with Crippen LogP contribution in [0, 0.1) is 13.8 Å². The van der Waals surface area contributed by atoms with Gasteiger partial charge < -0.3 is 19.7 Å². The third-order valence-corrected chi connectivity index (χ3v) is 4.66. The summed E-state index contributed by atoms with van der Waals surface area (Å²) in [4.78, 5) is 33.8. The number of aliphatic hydroxyl groups excluding tert-OH is 1. The molecule has 26 heavy (non-hydrogen) atoms. The number of hydrogen-bond donors (Lipinski definition) is 2. The van der Waals surface area contributed by atoms with E-state index in [1.807, 2.05) is 30.3 Å². The van der Waals surface area contributed by atoms with Gasteiger partial charge in [0, 0.05) is 17.8 Å². The number of rotatable bonds is 4. The molecule has 1 fully saturated rings. The average Bonchev–Trinajstić information content (AvgIpc) is 2.64. The summed E-state index contributed by atoms with van der Waals surface area (Å²) >= 11 is 0. The van der Waals surface area contributed by atoms with Crippen molar-refractivity contribution in [3.05, 3.63) is 63.3 Å². The van der Waals surface area contributed by atoms with E-state index in [9.17, 15) is 14.7 Å². The zero-order valence-corrected chi connectivity index (χ0v) is 14.9. The molecular formula is C19H23N3O4. The number of nitrogens with zero attached hydrogens (tertiary/aromatic N) is 2. The monoisotopic (exact) mass is 357 g/mol. The Kier molecular flexibility index (Phi) is 5.49. The van der Waals surface area contributed by atoms with Crippen LogP contribution in [0.4, 0.5) is 0 Å². The van der Waals surface area contributed by atoms with Gasteiger partial charge in [0.15, 0.2) is 0 Å². The highest BCUT2D eigenvalue weighted by atomic mass is 16.5. The minimum absolute atomic E-state index is 0.0318. The van der Waals surface area contributed by atoms with E-state index < -0.39 is 6.10 Å². The van der Waals surface area contributed by atoms with E-state index in [4.69, 9.17) is 4.74 Å². The maximum absolute atomic E-state index is 13.0. The van der Waals surface area contributed by atoms with Crippen LogP contribution in [0.5, 0.6) is 0 Å². The van der Waals surface area contributed by atoms with Gasteiger partial charge in [-0.05, 0) is 19.4 Å². The summed E-state index contributed by atoms with van der Waals surface area (Å²) in [6.45, 7) is 4.01. The molecule has 2 heterocycles. The molecule has 7 heteroatoms. The zero-order valence-electron chi connectivity index (χ0n) is 14.9. The smallest absolute Gasteiger partial charge is 0.254 e. The van der Waals surface area contributed by atoms with Crippen molar-refractivity contribution in [1.82, 2.24) is 14.9 Å². The standard InChI is InChI=1S/C19H23N3O4/c1-12-15(19(25)21-13(2)20-12)10-17(24)22-8-9-26-16(11-23)18(22)14-6-4-3-5-7-14/h3-7,16,18,23H,8-11H2,1-2H3,(H,20,21,25)/t16-,18-/m1/s1. The molecule has 1 aliphatic heterocycles. The van der Waals surface area contributed by atoms with Crippen molar-refractivity contribution >= 4 is 5.91 Å². The first-order valence-electron chi connectivity index (χ1n) is 8.64. The van der Waals surface area contributed by atoms with E-state index in [1.165, 1.54) is 0 Å². The molecule has 1 aliphatic rings. The first-order valence-corrected chi connectivity index (χ1v) is 8.64.